The lowest BCUT2D eigenvalue weighted by Crippen LogP contribution is -1.99. The second-order valence-electron chi connectivity index (χ2n) is 4.48. The Morgan fingerprint density at radius 1 is 1.27 bits per heavy atom. The molecule has 0 aliphatic rings. The van der Waals surface area contributed by atoms with Gasteiger partial charge in [0.05, 0.1) is 16.2 Å². The Morgan fingerprint density at radius 2 is 2.09 bits per heavy atom. The molecule has 3 rings (SSSR count). The maximum Gasteiger partial charge on any atom is 0.277 e. The van der Waals surface area contributed by atoms with Crippen LogP contribution in [0.4, 0.5) is 0 Å². The van der Waals surface area contributed by atoms with E-state index in [0.717, 1.165) is 19.8 Å². The summed E-state index contributed by atoms with van der Waals surface area (Å²) >= 11 is 6.20. The third-order valence-corrected chi connectivity index (χ3v) is 5.40. The van der Waals surface area contributed by atoms with E-state index in [4.69, 9.17) is 4.42 Å². The van der Waals surface area contributed by atoms with Crippen LogP contribution in [0.1, 0.15) is 14.5 Å². The fraction of sp³-hybridized carbons (Fsp3) is 0.133. The van der Waals surface area contributed by atoms with Crippen molar-refractivity contribution in [2.75, 3.05) is 5.75 Å². The van der Waals surface area contributed by atoms with E-state index < -0.39 is 0 Å². The highest BCUT2D eigenvalue weighted by molar-refractivity contribution is 9.10. The molecular weight excluding hydrogens is 384 g/mol. The molecule has 0 bridgehead atoms. The quantitative estimate of drug-likeness (QED) is 0.457. The maximum absolute atomic E-state index is 12.1. The third kappa shape index (κ3) is 3.48. The Bertz CT molecular complexity index is 813. The van der Waals surface area contributed by atoms with Gasteiger partial charge in [0.15, 0.2) is 5.78 Å². The molecule has 112 valence electrons. The Morgan fingerprint density at radius 3 is 2.82 bits per heavy atom. The molecule has 3 aromatic rings. The first-order chi connectivity index (χ1) is 10.6. The molecule has 0 fully saturated rings. The molecule has 0 atom stereocenters. The first-order valence-electron chi connectivity index (χ1n) is 6.44. The number of aryl methyl sites for hydroxylation is 1. The molecule has 0 amide bonds. The highest BCUT2D eigenvalue weighted by Gasteiger charge is 2.14. The van der Waals surface area contributed by atoms with Crippen molar-refractivity contribution in [1.82, 2.24) is 10.2 Å². The van der Waals surface area contributed by atoms with Crippen molar-refractivity contribution in [3.05, 3.63) is 50.6 Å². The van der Waals surface area contributed by atoms with Gasteiger partial charge in [0, 0.05) is 9.35 Å². The molecule has 0 unspecified atom stereocenters. The highest BCUT2D eigenvalue weighted by Crippen LogP contribution is 2.29. The molecular formula is C15H11BrN2O2S2. The number of rotatable bonds is 5. The predicted octanol–water partition coefficient (Wildman–Crippen LogP) is 4.84. The molecule has 0 N–H and O–H groups in total. The summed E-state index contributed by atoms with van der Waals surface area (Å²) in [6, 6.07) is 11.4. The summed E-state index contributed by atoms with van der Waals surface area (Å²) in [7, 11) is 0. The fourth-order valence-electron chi connectivity index (χ4n) is 1.79. The zero-order chi connectivity index (χ0) is 15.5. The van der Waals surface area contributed by atoms with E-state index in [2.05, 4.69) is 26.1 Å². The van der Waals surface area contributed by atoms with E-state index in [1.165, 1.54) is 23.1 Å². The molecule has 0 saturated heterocycles. The molecule has 0 spiro atoms. The number of hydrogen-bond acceptors (Lipinski definition) is 6. The van der Waals surface area contributed by atoms with Crippen molar-refractivity contribution in [2.45, 2.75) is 12.1 Å². The van der Waals surface area contributed by atoms with Crippen molar-refractivity contribution in [3.63, 3.8) is 0 Å². The molecule has 4 nitrogen and oxygen atoms in total. The van der Waals surface area contributed by atoms with Gasteiger partial charge in [-0.15, -0.1) is 21.5 Å². The van der Waals surface area contributed by atoms with Crippen LogP contribution in [0.5, 0.6) is 0 Å². The van der Waals surface area contributed by atoms with Gasteiger partial charge in [-0.05, 0) is 47.1 Å². The van der Waals surface area contributed by atoms with E-state index in [0.29, 0.717) is 11.1 Å². The van der Waals surface area contributed by atoms with Crippen LogP contribution in [0, 0.1) is 6.92 Å². The Labute approximate surface area is 144 Å². The second-order valence-corrected chi connectivity index (χ2v) is 7.54. The van der Waals surface area contributed by atoms with Crippen LogP contribution in [0.15, 0.2) is 50.5 Å². The summed E-state index contributed by atoms with van der Waals surface area (Å²) in [5, 5.41) is 8.40. The van der Waals surface area contributed by atoms with E-state index >= 15 is 0 Å². The van der Waals surface area contributed by atoms with Crippen LogP contribution < -0.4 is 0 Å². The minimum absolute atomic E-state index is 0.0729. The first kappa shape index (κ1) is 15.5. The molecule has 22 heavy (non-hydrogen) atoms. The van der Waals surface area contributed by atoms with Gasteiger partial charge in [0.2, 0.25) is 5.89 Å². The van der Waals surface area contributed by atoms with Crippen LogP contribution in [0.3, 0.4) is 0 Å². The van der Waals surface area contributed by atoms with Crippen LogP contribution in [-0.2, 0) is 0 Å². The lowest BCUT2D eigenvalue weighted by atomic mass is 10.2. The van der Waals surface area contributed by atoms with Gasteiger partial charge in [0.1, 0.15) is 0 Å². The average molecular weight is 395 g/mol. The number of halogens is 1. The van der Waals surface area contributed by atoms with Gasteiger partial charge in [-0.25, -0.2) is 0 Å². The number of aromatic nitrogens is 2. The molecule has 7 heteroatoms. The average Bonchev–Trinajstić information content (AvgIpc) is 3.14. The highest BCUT2D eigenvalue weighted by atomic mass is 79.9. The zero-order valence-electron chi connectivity index (χ0n) is 11.6. The van der Waals surface area contributed by atoms with Gasteiger partial charge in [-0.2, -0.15) is 0 Å². The van der Waals surface area contributed by atoms with Crippen LogP contribution in [0.2, 0.25) is 0 Å². The molecule has 2 aromatic heterocycles. The molecule has 0 saturated carbocycles. The number of benzene rings is 1. The molecule has 1 aromatic carbocycles. The third-order valence-electron chi connectivity index (χ3n) is 2.85. The van der Waals surface area contributed by atoms with Crippen molar-refractivity contribution in [1.29, 1.82) is 0 Å². The Balaban J connectivity index is 1.67. The SMILES string of the molecule is Cc1ccc(C(=O)CSc2nnc(-c3ccccc3Br)o2)s1. The monoisotopic (exact) mass is 394 g/mol. The largest absolute Gasteiger partial charge is 0.411 e. The number of thiophene rings is 1. The summed E-state index contributed by atoms with van der Waals surface area (Å²) in [6.45, 7) is 1.98. The number of ketones is 1. The van der Waals surface area contributed by atoms with E-state index in [9.17, 15) is 4.79 Å². The maximum atomic E-state index is 12.1. The standard InChI is InChI=1S/C15H11BrN2O2S2/c1-9-6-7-13(22-9)12(19)8-21-15-18-17-14(20-15)10-4-2-3-5-11(10)16/h2-7H,8H2,1H3. The minimum Gasteiger partial charge on any atom is -0.411 e. The van der Waals surface area contributed by atoms with Crippen molar-refractivity contribution in [3.8, 4) is 11.5 Å². The summed E-state index contributed by atoms with van der Waals surface area (Å²) in [5.41, 5.74) is 0.835. The van der Waals surface area contributed by atoms with Gasteiger partial charge in [0.25, 0.3) is 5.22 Å². The summed E-state index contributed by atoms with van der Waals surface area (Å²) < 4.78 is 6.49. The summed E-state index contributed by atoms with van der Waals surface area (Å²) in [4.78, 5) is 13.9. The lowest BCUT2D eigenvalue weighted by molar-refractivity contribution is 0.102. The topological polar surface area (TPSA) is 56.0 Å². The van der Waals surface area contributed by atoms with Crippen molar-refractivity contribution in [2.24, 2.45) is 0 Å². The first-order valence-corrected chi connectivity index (χ1v) is 9.04. The van der Waals surface area contributed by atoms with Crippen molar-refractivity contribution < 1.29 is 9.21 Å². The molecule has 2 heterocycles. The lowest BCUT2D eigenvalue weighted by Gasteiger charge is -1.97. The number of Topliss-reactive ketones (excluding diaryl/α,β-unsaturated/α-hetero) is 1. The normalized spacial score (nSPS) is 10.8. The van der Waals surface area contributed by atoms with Gasteiger partial charge in [-0.1, -0.05) is 23.9 Å². The van der Waals surface area contributed by atoms with Gasteiger partial charge < -0.3 is 4.42 Å². The fourth-order valence-corrected chi connectivity index (χ4v) is 3.79. The number of hydrogen-bond donors (Lipinski definition) is 0. The predicted molar refractivity (Wildman–Crippen MR) is 91.5 cm³/mol. The van der Waals surface area contributed by atoms with Crippen LogP contribution in [-0.4, -0.2) is 21.7 Å². The summed E-state index contributed by atoms with van der Waals surface area (Å²) in [6.07, 6.45) is 0. The Hall–Kier alpha value is -1.44. The Kier molecular flexibility index (Phi) is 4.75. The van der Waals surface area contributed by atoms with Crippen LogP contribution in [0.25, 0.3) is 11.5 Å². The van der Waals surface area contributed by atoms with E-state index in [-0.39, 0.29) is 11.5 Å². The second kappa shape index (κ2) is 6.76. The van der Waals surface area contributed by atoms with E-state index in [1.807, 2.05) is 43.3 Å². The smallest absolute Gasteiger partial charge is 0.277 e. The zero-order valence-corrected chi connectivity index (χ0v) is 14.8. The van der Waals surface area contributed by atoms with Gasteiger partial charge >= 0.3 is 0 Å². The molecule has 0 radical (unpaired) electrons. The van der Waals surface area contributed by atoms with E-state index in [1.54, 1.807) is 0 Å². The minimum atomic E-state index is 0.0729. The molecule has 0 aliphatic carbocycles. The number of carbonyl (C=O) groups is 1. The summed E-state index contributed by atoms with van der Waals surface area (Å²) in [5.74, 6) is 0.801. The van der Waals surface area contributed by atoms with Gasteiger partial charge in [-0.3, -0.25) is 4.79 Å². The van der Waals surface area contributed by atoms with Crippen LogP contribution >= 0.6 is 39.0 Å². The molecule has 0 aliphatic heterocycles. The number of nitrogens with zero attached hydrogens (tertiary/aromatic N) is 2. The number of thioether (sulfide) groups is 1. The number of carbonyl (C=O) groups excluding carboxylic acids is 1. The van der Waals surface area contributed by atoms with Crippen molar-refractivity contribution >= 4 is 44.8 Å².